The fraction of sp³-hybridized carbons (Fsp3) is 0.0714. The molecule has 3 heteroatoms. The minimum absolute atomic E-state index is 0.419. The smallest absolute Gasteiger partial charge is 0.283 e. The molecule has 0 saturated carbocycles. The third kappa shape index (κ3) is 2.64. The SMILES string of the molecule is Cc1cc(/C=C/c2ccccc2)n(O)c(=O)c1. The number of hydrogen-bond acceptors (Lipinski definition) is 2. The van der Waals surface area contributed by atoms with Crippen molar-refractivity contribution in [3.05, 3.63) is 69.6 Å². The van der Waals surface area contributed by atoms with Gasteiger partial charge in [0.15, 0.2) is 0 Å². The maximum absolute atomic E-state index is 11.4. The van der Waals surface area contributed by atoms with Crippen LogP contribution in [-0.4, -0.2) is 9.94 Å². The fourth-order valence-corrected chi connectivity index (χ4v) is 1.58. The molecule has 3 nitrogen and oxygen atoms in total. The second-order valence-corrected chi connectivity index (χ2v) is 3.85. The zero-order valence-electron chi connectivity index (χ0n) is 9.50. The molecule has 0 atom stereocenters. The van der Waals surface area contributed by atoms with Gasteiger partial charge in [0.25, 0.3) is 5.56 Å². The summed E-state index contributed by atoms with van der Waals surface area (Å²) < 4.78 is 0.645. The summed E-state index contributed by atoms with van der Waals surface area (Å²) in [6.07, 6.45) is 3.56. The second-order valence-electron chi connectivity index (χ2n) is 3.85. The van der Waals surface area contributed by atoms with E-state index in [1.807, 2.05) is 43.3 Å². The highest BCUT2D eigenvalue weighted by Crippen LogP contribution is 2.07. The third-order valence-corrected chi connectivity index (χ3v) is 2.43. The lowest BCUT2D eigenvalue weighted by Crippen LogP contribution is -2.18. The van der Waals surface area contributed by atoms with Crippen LogP contribution in [0.5, 0.6) is 0 Å². The summed E-state index contributed by atoms with van der Waals surface area (Å²) in [7, 11) is 0. The van der Waals surface area contributed by atoms with Gasteiger partial charge in [0.05, 0.1) is 5.69 Å². The van der Waals surface area contributed by atoms with E-state index < -0.39 is 5.56 Å². The zero-order valence-corrected chi connectivity index (χ0v) is 9.50. The first-order valence-corrected chi connectivity index (χ1v) is 5.33. The van der Waals surface area contributed by atoms with Crippen molar-refractivity contribution in [2.75, 3.05) is 0 Å². The molecule has 2 rings (SSSR count). The van der Waals surface area contributed by atoms with Gasteiger partial charge in [0, 0.05) is 6.07 Å². The number of hydrogen-bond donors (Lipinski definition) is 1. The predicted molar refractivity (Wildman–Crippen MR) is 68.0 cm³/mol. The number of benzene rings is 1. The van der Waals surface area contributed by atoms with E-state index in [4.69, 9.17) is 0 Å². The minimum atomic E-state index is -0.419. The highest BCUT2D eigenvalue weighted by molar-refractivity contribution is 5.68. The molecule has 0 saturated heterocycles. The Morgan fingerprint density at radius 3 is 2.53 bits per heavy atom. The van der Waals surface area contributed by atoms with Crippen molar-refractivity contribution in [1.82, 2.24) is 4.73 Å². The van der Waals surface area contributed by atoms with E-state index in [2.05, 4.69) is 0 Å². The number of rotatable bonds is 2. The average Bonchev–Trinajstić information content (AvgIpc) is 2.33. The van der Waals surface area contributed by atoms with Crippen molar-refractivity contribution in [3.63, 3.8) is 0 Å². The van der Waals surface area contributed by atoms with Crippen molar-refractivity contribution in [2.45, 2.75) is 6.92 Å². The minimum Gasteiger partial charge on any atom is -0.425 e. The first kappa shape index (κ1) is 11.2. The number of nitrogens with zero attached hydrogens (tertiary/aromatic N) is 1. The number of pyridine rings is 1. The largest absolute Gasteiger partial charge is 0.425 e. The summed E-state index contributed by atoms with van der Waals surface area (Å²) in [6.45, 7) is 1.82. The molecule has 0 aliphatic heterocycles. The molecular weight excluding hydrogens is 214 g/mol. The van der Waals surface area contributed by atoms with Crippen LogP contribution in [0.15, 0.2) is 47.3 Å². The molecule has 0 fully saturated rings. The van der Waals surface area contributed by atoms with Crippen LogP contribution in [0.2, 0.25) is 0 Å². The zero-order chi connectivity index (χ0) is 12.3. The molecule has 1 N–H and O–H groups in total. The Morgan fingerprint density at radius 2 is 1.82 bits per heavy atom. The van der Waals surface area contributed by atoms with Gasteiger partial charge in [-0.15, -0.1) is 4.73 Å². The van der Waals surface area contributed by atoms with Crippen molar-refractivity contribution in [1.29, 1.82) is 0 Å². The molecule has 1 aromatic carbocycles. The van der Waals surface area contributed by atoms with Gasteiger partial charge in [0.2, 0.25) is 0 Å². The van der Waals surface area contributed by atoms with Crippen LogP contribution in [0.4, 0.5) is 0 Å². The Balaban J connectivity index is 2.37. The topological polar surface area (TPSA) is 42.2 Å². The summed E-state index contributed by atoms with van der Waals surface area (Å²) in [6, 6.07) is 12.8. The standard InChI is InChI=1S/C14H13NO2/c1-11-9-13(15(17)14(16)10-11)8-7-12-5-3-2-4-6-12/h2-10,17H,1H3/b8-7+. The first-order valence-electron chi connectivity index (χ1n) is 5.33. The molecule has 17 heavy (non-hydrogen) atoms. The van der Waals surface area contributed by atoms with Crippen molar-refractivity contribution in [3.8, 4) is 0 Å². The van der Waals surface area contributed by atoms with E-state index in [0.29, 0.717) is 10.4 Å². The van der Waals surface area contributed by atoms with Gasteiger partial charge in [-0.2, -0.15) is 0 Å². The van der Waals surface area contributed by atoms with Crippen LogP contribution in [0.1, 0.15) is 16.8 Å². The molecule has 0 spiro atoms. The highest BCUT2D eigenvalue weighted by atomic mass is 16.5. The van der Waals surface area contributed by atoms with E-state index in [9.17, 15) is 10.0 Å². The molecule has 2 aromatic rings. The second kappa shape index (κ2) is 4.70. The molecule has 0 radical (unpaired) electrons. The molecule has 1 heterocycles. The van der Waals surface area contributed by atoms with Gasteiger partial charge in [0.1, 0.15) is 0 Å². The van der Waals surface area contributed by atoms with E-state index >= 15 is 0 Å². The summed E-state index contributed by atoms with van der Waals surface area (Å²) in [4.78, 5) is 11.4. The fourth-order valence-electron chi connectivity index (χ4n) is 1.58. The Labute approximate surface area is 99.2 Å². The average molecular weight is 227 g/mol. The number of aromatic nitrogens is 1. The van der Waals surface area contributed by atoms with Gasteiger partial charge >= 0.3 is 0 Å². The van der Waals surface area contributed by atoms with E-state index in [0.717, 1.165) is 11.1 Å². The molecule has 0 aliphatic rings. The van der Waals surface area contributed by atoms with E-state index in [-0.39, 0.29) is 0 Å². The van der Waals surface area contributed by atoms with Crippen LogP contribution in [0.3, 0.4) is 0 Å². The Bertz CT molecular complexity index is 597. The highest BCUT2D eigenvalue weighted by Gasteiger charge is 1.99. The Kier molecular flexibility index (Phi) is 3.10. The van der Waals surface area contributed by atoms with Crippen LogP contribution >= 0.6 is 0 Å². The summed E-state index contributed by atoms with van der Waals surface area (Å²) >= 11 is 0. The van der Waals surface area contributed by atoms with Crippen LogP contribution in [0, 0.1) is 6.92 Å². The van der Waals surface area contributed by atoms with Crippen molar-refractivity contribution in [2.24, 2.45) is 0 Å². The number of aryl methyl sites for hydroxylation is 1. The molecule has 0 aliphatic carbocycles. The van der Waals surface area contributed by atoms with Gasteiger partial charge in [-0.1, -0.05) is 36.4 Å². The lowest BCUT2D eigenvalue weighted by molar-refractivity contribution is 0.172. The summed E-state index contributed by atoms with van der Waals surface area (Å²) in [5, 5.41) is 9.55. The normalized spacial score (nSPS) is 10.9. The van der Waals surface area contributed by atoms with Gasteiger partial charge < -0.3 is 5.21 Å². The van der Waals surface area contributed by atoms with E-state index in [1.54, 1.807) is 12.1 Å². The van der Waals surface area contributed by atoms with Crippen molar-refractivity contribution >= 4 is 12.2 Å². The Hall–Kier alpha value is -2.29. The molecular formula is C14H13NO2. The molecule has 86 valence electrons. The van der Waals surface area contributed by atoms with Crippen LogP contribution in [-0.2, 0) is 0 Å². The first-order chi connectivity index (χ1) is 8.16. The van der Waals surface area contributed by atoms with Gasteiger partial charge in [-0.05, 0) is 30.2 Å². The van der Waals surface area contributed by atoms with Gasteiger partial charge in [-0.25, -0.2) is 0 Å². The maximum atomic E-state index is 11.4. The summed E-state index contributed by atoms with van der Waals surface area (Å²) in [5.41, 5.74) is 1.89. The quantitative estimate of drug-likeness (QED) is 0.801. The lowest BCUT2D eigenvalue weighted by atomic mass is 10.2. The Morgan fingerprint density at radius 1 is 1.12 bits per heavy atom. The molecule has 0 bridgehead atoms. The predicted octanol–water partition coefficient (Wildman–Crippen LogP) is 2.56. The molecule has 1 aromatic heterocycles. The van der Waals surface area contributed by atoms with Crippen molar-refractivity contribution < 1.29 is 5.21 Å². The lowest BCUT2D eigenvalue weighted by Gasteiger charge is -2.02. The molecule has 0 amide bonds. The molecule has 0 unspecified atom stereocenters. The van der Waals surface area contributed by atoms with Crippen LogP contribution in [0.25, 0.3) is 12.2 Å². The van der Waals surface area contributed by atoms with E-state index in [1.165, 1.54) is 6.07 Å². The third-order valence-electron chi connectivity index (χ3n) is 2.43. The maximum Gasteiger partial charge on any atom is 0.283 e. The van der Waals surface area contributed by atoms with Gasteiger partial charge in [-0.3, -0.25) is 4.79 Å². The monoisotopic (exact) mass is 227 g/mol. The van der Waals surface area contributed by atoms with Crippen LogP contribution < -0.4 is 5.56 Å². The summed E-state index contributed by atoms with van der Waals surface area (Å²) in [5.74, 6) is 0.